The van der Waals surface area contributed by atoms with Crippen LogP contribution in [0.2, 0.25) is 0 Å². The van der Waals surface area contributed by atoms with Gasteiger partial charge in [0, 0.05) is 4.47 Å². The lowest BCUT2D eigenvalue weighted by atomic mass is 10.1. The molecule has 7 heteroatoms. The Morgan fingerprint density at radius 1 is 1.08 bits per heavy atom. The summed E-state index contributed by atoms with van der Waals surface area (Å²) in [5.74, 6) is -1.39. The summed E-state index contributed by atoms with van der Waals surface area (Å²) in [5, 5.41) is 11.5. The molecule has 3 rings (SSSR count). The molecular formula is C18H13BrN2O4. The maximum atomic E-state index is 12.7. The third-order valence-electron chi connectivity index (χ3n) is 3.71. The van der Waals surface area contributed by atoms with Crippen molar-refractivity contribution in [2.75, 3.05) is 4.90 Å². The number of anilines is 1. The van der Waals surface area contributed by atoms with Crippen LogP contribution < -0.4 is 10.2 Å². The Balaban J connectivity index is 2.02. The van der Waals surface area contributed by atoms with Crippen LogP contribution in [-0.2, 0) is 9.59 Å². The van der Waals surface area contributed by atoms with Crippen LogP contribution in [0.1, 0.15) is 11.1 Å². The third kappa shape index (κ3) is 3.32. The molecule has 2 aromatic rings. The number of benzene rings is 2. The van der Waals surface area contributed by atoms with Crippen molar-refractivity contribution in [2.45, 2.75) is 6.92 Å². The molecule has 25 heavy (non-hydrogen) atoms. The molecule has 4 amide bonds. The number of amides is 4. The number of barbiturate groups is 1. The summed E-state index contributed by atoms with van der Waals surface area (Å²) in [7, 11) is 0. The Labute approximate surface area is 151 Å². The Morgan fingerprint density at radius 3 is 2.40 bits per heavy atom. The van der Waals surface area contributed by atoms with Crippen LogP contribution in [0.4, 0.5) is 10.5 Å². The predicted molar refractivity (Wildman–Crippen MR) is 96.0 cm³/mol. The molecule has 1 saturated heterocycles. The SMILES string of the molecule is Cc1cc(N2C(=O)NC(=O)C(=Cc3ccc(O)cc3)C2=O)ccc1Br. The smallest absolute Gasteiger partial charge is 0.335 e. The fraction of sp³-hybridized carbons (Fsp3) is 0.0556. The van der Waals surface area contributed by atoms with Gasteiger partial charge in [0.05, 0.1) is 5.69 Å². The first-order valence-electron chi connectivity index (χ1n) is 7.33. The summed E-state index contributed by atoms with van der Waals surface area (Å²) in [4.78, 5) is 37.9. The number of nitrogens with one attached hydrogen (secondary N) is 1. The van der Waals surface area contributed by atoms with Gasteiger partial charge in [-0.15, -0.1) is 0 Å². The van der Waals surface area contributed by atoms with Crippen molar-refractivity contribution < 1.29 is 19.5 Å². The second-order valence-corrected chi connectivity index (χ2v) is 6.34. The molecule has 0 radical (unpaired) electrons. The number of hydrogen-bond donors (Lipinski definition) is 2. The van der Waals surface area contributed by atoms with Gasteiger partial charge in [0.15, 0.2) is 0 Å². The molecule has 0 atom stereocenters. The maximum Gasteiger partial charge on any atom is 0.335 e. The van der Waals surface area contributed by atoms with Crippen molar-refractivity contribution in [3.05, 3.63) is 63.6 Å². The summed E-state index contributed by atoms with van der Waals surface area (Å²) < 4.78 is 0.844. The first-order chi connectivity index (χ1) is 11.9. The van der Waals surface area contributed by atoms with E-state index >= 15 is 0 Å². The number of carbonyl (C=O) groups excluding carboxylic acids is 3. The molecule has 0 bridgehead atoms. The summed E-state index contributed by atoms with van der Waals surface area (Å²) in [6.45, 7) is 1.83. The number of urea groups is 1. The van der Waals surface area contributed by atoms with Crippen LogP contribution in [0.5, 0.6) is 5.75 Å². The highest BCUT2D eigenvalue weighted by molar-refractivity contribution is 9.10. The number of imide groups is 2. The number of nitrogens with zero attached hydrogens (tertiary/aromatic N) is 1. The number of rotatable bonds is 2. The molecule has 0 aromatic heterocycles. The van der Waals surface area contributed by atoms with Crippen molar-refractivity contribution in [2.24, 2.45) is 0 Å². The van der Waals surface area contributed by atoms with E-state index in [-0.39, 0.29) is 11.3 Å². The van der Waals surface area contributed by atoms with E-state index in [0.29, 0.717) is 11.3 Å². The van der Waals surface area contributed by atoms with Gasteiger partial charge in [-0.3, -0.25) is 14.9 Å². The molecule has 1 aliphatic heterocycles. The minimum absolute atomic E-state index is 0.0729. The normalized spacial score (nSPS) is 16.3. The molecule has 1 aliphatic rings. The predicted octanol–water partition coefficient (Wildman–Crippen LogP) is 3.13. The fourth-order valence-electron chi connectivity index (χ4n) is 2.40. The zero-order valence-corrected chi connectivity index (χ0v) is 14.7. The van der Waals surface area contributed by atoms with Gasteiger partial charge in [-0.25, -0.2) is 9.69 Å². The maximum absolute atomic E-state index is 12.7. The standard InChI is InChI=1S/C18H13BrN2O4/c1-10-8-12(4-7-15(10)19)21-17(24)14(16(23)20-18(21)25)9-11-2-5-13(22)6-3-11/h2-9,22H,1H3,(H,20,23,25). The molecule has 2 aromatic carbocycles. The van der Waals surface area contributed by atoms with E-state index in [1.165, 1.54) is 18.2 Å². The van der Waals surface area contributed by atoms with Crippen molar-refractivity contribution in [3.63, 3.8) is 0 Å². The van der Waals surface area contributed by atoms with Crippen molar-refractivity contribution in [1.29, 1.82) is 0 Å². The number of phenols is 1. The zero-order chi connectivity index (χ0) is 18.1. The minimum Gasteiger partial charge on any atom is -0.508 e. The van der Waals surface area contributed by atoms with Crippen LogP contribution in [0, 0.1) is 6.92 Å². The van der Waals surface area contributed by atoms with E-state index in [1.807, 2.05) is 6.92 Å². The van der Waals surface area contributed by atoms with Crippen molar-refractivity contribution in [3.8, 4) is 5.75 Å². The second-order valence-electron chi connectivity index (χ2n) is 5.48. The van der Waals surface area contributed by atoms with E-state index in [0.717, 1.165) is 14.9 Å². The van der Waals surface area contributed by atoms with E-state index in [4.69, 9.17) is 0 Å². The number of phenolic OH excluding ortho intramolecular Hbond substituents is 1. The van der Waals surface area contributed by atoms with E-state index < -0.39 is 17.8 Å². The average Bonchev–Trinajstić information content (AvgIpc) is 2.56. The highest BCUT2D eigenvalue weighted by Gasteiger charge is 2.36. The van der Waals surface area contributed by atoms with Gasteiger partial charge in [0.25, 0.3) is 11.8 Å². The summed E-state index contributed by atoms with van der Waals surface area (Å²) in [6, 6.07) is 10.2. The van der Waals surface area contributed by atoms with Gasteiger partial charge in [0.1, 0.15) is 11.3 Å². The molecule has 126 valence electrons. The summed E-state index contributed by atoms with van der Waals surface area (Å²) in [5.41, 5.74) is 1.61. The lowest BCUT2D eigenvalue weighted by Crippen LogP contribution is -2.54. The van der Waals surface area contributed by atoms with Crippen LogP contribution >= 0.6 is 15.9 Å². The molecule has 0 spiro atoms. The van der Waals surface area contributed by atoms with E-state index in [2.05, 4.69) is 21.2 Å². The summed E-state index contributed by atoms with van der Waals surface area (Å²) in [6.07, 6.45) is 1.38. The molecule has 0 saturated carbocycles. The molecule has 6 nitrogen and oxygen atoms in total. The molecule has 0 aliphatic carbocycles. The van der Waals surface area contributed by atoms with Crippen LogP contribution in [0.15, 0.2) is 52.5 Å². The quantitative estimate of drug-likeness (QED) is 0.598. The first-order valence-corrected chi connectivity index (χ1v) is 8.13. The minimum atomic E-state index is -0.792. The number of hydrogen-bond acceptors (Lipinski definition) is 4. The Hall–Kier alpha value is -2.93. The zero-order valence-electron chi connectivity index (χ0n) is 13.1. The fourth-order valence-corrected chi connectivity index (χ4v) is 2.64. The van der Waals surface area contributed by atoms with Crippen molar-refractivity contribution in [1.82, 2.24) is 5.32 Å². The average molecular weight is 401 g/mol. The van der Waals surface area contributed by atoms with Crippen LogP contribution in [0.3, 0.4) is 0 Å². The molecule has 2 N–H and O–H groups in total. The number of aromatic hydroxyl groups is 1. The van der Waals surface area contributed by atoms with Crippen molar-refractivity contribution >= 4 is 45.5 Å². The van der Waals surface area contributed by atoms with Gasteiger partial charge >= 0.3 is 6.03 Å². The number of halogens is 1. The van der Waals surface area contributed by atoms with E-state index in [9.17, 15) is 19.5 Å². The van der Waals surface area contributed by atoms with E-state index in [1.54, 1.807) is 30.3 Å². The monoisotopic (exact) mass is 400 g/mol. The van der Waals surface area contributed by atoms with Crippen LogP contribution in [-0.4, -0.2) is 23.0 Å². The van der Waals surface area contributed by atoms with Gasteiger partial charge in [-0.1, -0.05) is 28.1 Å². The first kappa shape index (κ1) is 16.9. The molecule has 1 heterocycles. The van der Waals surface area contributed by atoms with Gasteiger partial charge in [-0.05, 0) is 54.5 Å². The Bertz CT molecular complexity index is 919. The molecular weight excluding hydrogens is 388 g/mol. The summed E-state index contributed by atoms with van der Waals surface area (Å²) >= 11 is 3.37. The molecule has 0 unspecified atom stereocenters. The van der Waals surface area contributed by atoms with Gasteiger partial charge in [-0.2, -0.15) is 0 Å². The Morgan fingerprint density at radius 2 is 1.76 bits per heavy atom. The third-order valence-corrected chi connectivity index (χ3v) is 4.60. The highest BCUT2D eigenvalue weighted by atomic mass is 79.9. The lowest BCUT2D eigenvalue weighted by Gasteiger charge is -2.26. The van der Waals surface area contributed by atoms with Gasteiger partial charge < -0.3 is 5.11 Å². The number of carbonyl (C=O) groups is 3. The number of aryl methyl sites for hydroxylation is 1. The van der Waals surface area contributed by atoms with Crippen LogP contribution in [0.25, 0.3) is 6.08 Å². The van der Waals surface area contributed by atoms with Gasteiger partial charge in [0.2, 0.25) is 0 Å². The molecule has 1 fully saturated rings. The highest BCUT2D eigenvalue weighted by Crippen LogP contribution is 2.26. The topological polar surface area (TPSA) is 86.7 Å². The lowest BCUT2D eigenvalue weighted by molar-refractivity contribution is -0.122. The second kappa shape index (κ2) is 6.52. The largest absolute Gasteiger partial charge is 0.508 e. The Kier molecular flexibility index (Phi) is 4.41.